The van der Waals surface area contributed by atoms with Crippen LogP contribution in [0.1, 0.15) is 18.9 Å². The molecule has 1 fully saturated rings. The van der Waals surface area contributed by atoms with E-state index in [1.54, 1.807) is 0 Å². The molecule has 0 radical (unpaired) electrons. The molecule has 0 spiro atoms. The highest BCUT2D eigenvalue weighted by Crippen LogP contribution is 2.35. The van der Waals surface area contributed by atoms with Crippen molar-refractivity contribution in [3.05, 3.63) is 22.7 Å². The molecule has 21 heavy (non-hydrogen) atoms. The number of fused-ring (bicyclic) bond motifs is 1. The van der Waals surface area contributed by atoms with Crippen LogP contribution in [0.5, 0.6) is 0 Å². The van der Waals surface area contributed by atoms with Crippen molar-refractivity contribution in [3.63, 3.8) is 0 Å². The van der Waals surface area contributed by atoms with Gasteiger partial charge in [-0.3, -0.25) is 4.79 Å². The maximum Gasteiger partial charge on any atom is 0.313 e. The van der Waals surface area contributed by atoms with Gasteiger partial charge in [0, 0.05) is 16.3 Å². The first-order valence-electron chi connectivity index (χ1n) is 6.75. The Morgan fingerprint density at radius 2 is 2.43 bits per heavy atom. The summed E-state index contributed by atoms with van der Waals surface area (Å²) in [7, 11) is 0. The highest BCUT2D eigenvalue weighted by atomic mass is 79.9. The van der Waals surface area contributed by atoms with Crippen LogP contribution in [-0.2, 0) is 4.79 Å². The molecule has 0 saturated carbocycles. The lowest BCUT2D eigenvalue weighted by Gasteiger charge is -2.25. The molecule has 1 atom stereocenters. The molecule has 0 bridgehead atoms. The first-order chi connectivity index (χ1) is 10.1. The molecule has 7 heteroatoms. The van der Waals surface area contributed by atoms with Crippen molar-refractivity contribution >= 4 is 56.5 Å². The number of carbonyl (C=O) groups is 1. The van der Waals surface area contributed by atoms with E-state index in [9.17, 15) is 4.79 Å². The van der Waals surface area contributed by atoms with Crippen molar-refractivity contribution in [1.82, 2.24) is 9.55 Å². The van der Waals surface area contributed by atoms with Gasteiger partial charge in [0.2, 0.25) is 0 Å². The van der Waals surface area contributed by atoms with E-state index in [-0.39, 0.29) is 5.75 Å². The number of hydrogen-bond donors (Lipinski definition) is 1. The predicted octanol–water partition coefficient (Wildman–Crippen LogP) is 4.04. The Balaban J connectivity index is 2.04. The number of carboxylic acids is 1. The fraction of sp³-hybridized carbons (Fsp3) is 0.429. The number of carboxylic acid groups (broad SMARTS) is 1. The predicted molar refractivity (Wildman–Crippen MR) is 91.4 cm³/mol. The Bertz CT molecular complexity index is 668. The molecular weight excluding hydrogens is 372 g/mol. The molecule has 1 aliphatic heterocycles. The van der Waals surface area contributed by atoms with Gasteiger partial charge in [-0.1, -0.05) is 27.7 Å². The van der Waals surface area contributed by atoms with E-state index in [2.05, 4.69) is 31.5 Å². The van der Waals surface area contributed by atoms with Gasteiger partial charge in [0.05, 0.1) is 16.8 Å². The molecule has 1 unspecified atom stereocenters. The van der Waals surface area contributed by atoms with Crippen LogP contribution in [0.4, 0.5) is 0 Å². The summed E-state index contributed by atoms with van der Waals surface area (Å²) >= 11 is 6.78. The zero-order valence-corrected chi connectivity index (χ0v) is 14.5. The monoisotopic (exact) mass is 386 g/mol. The molecule has 112 valence electrons. The van der Waals surface area contributed by atoms with Gasteiger partial charge in [-0.25, -0.2) is 4.98 Å². The smallest absolute Gasteiger partial charge is 0.313 e. The summed E-state index contributed by atoms with van der Waals surface area (Å²) in [6.07, 6.45) is 2.33. The number of aromatic nitrogens is 2. The van der Waals surface area contributed by atoms with Crippen LogP contribution in [0.2, 0.25) is 0 Å². The molecule has 3 rings (SSSR count). The van der Waals surface area contributed by atoms with Crippen molar-refractivity contribution < 1.29 is 9.90 Å². The molecule has 1 aromatic heterocycles. The van der Waals surface area contributed by atoms with Crippen LogP contribution in [0.25, 0.3) is 11.0 Å². The molecule has 2 aromatic rings. The van der Waals surface area contributed by atoms with Crippen molar-refractivity contribution in [1.29, 1.82) is 0 Å². The van der Waals surface area contributed by atoms with Crippen LogP contribution >= 0.6 is 39.5 Å². The number of thioether (sulfide) groups is 2. The first kappa shape index (κ1) is 15.2. The summed E-state index contributed by atoms with van der Waals surface area (Å²) in [6, 6.07) is 6.43. The zero-order chi connectivity index (χ0) is 14.8. The SMILES string of the molecule is O=C(O)CSc1nc2ccc(Br)cc2n1C1CCCSC1. The fourth-order valence-electron chi connectivity index (χ4n) is 2.55. The molecule has 0 amide bonds. The standard InChI is InChI=1S/C14H15BrN2O2S2/c15-9-3-4-11-12(6-9)17(10-2-1-5-20-7-10)14(16-11)21-8-13(18)19/h3-4,6,10H,1-2,5,7-8H2,(H,18,19). The molecule has 1 aliphatic rings. The van der Waals surface area contributed by atoms with Gasteiger partial charge in [0.25, 0.3) is 0 Å². The molecule has 0 aliphatic carbocycles. The lowest BCUT2D eigenvalue weighted by atomic mass is 10.2. The third-order valence-electron chi connectivity index (χ3n) is 3.45. The highest BCUT2D eigenvalue weighted by Gasteiger charge is 2.22. The van der Waals surface area contributed by atoms with Crippen molar-refractivity contribution in [2.75, 3.05) is 17.3 Å². The zero-order valence-electron chi connectivity index (χ0n) is 11.3. The van der Waals surface area contributed by atoms with Crippen LogP contribution < -0.4 is 0 Å². The third kappa shape index (κ3) is 3.40. The van der Waals surface area contributed by atoms with Gasteiger partial charge in [0.1, 0.15) is 0 Å². The maximum absolute atomic E-state index is 10.9. The number of benzene rings is 1. The largest absolute Gasteiger partial charge is 0.481 e. The summed E-state index contributed by atoms with van der Waals surface area (Å²) < 4.78 is 3.26. The van der Waals surface area contributed by atoms with Crippen LogP contribution in [0.3, 0.4) is 0 Å². The summed E-state index contributed by atoms with van der Waals surface area (Å²) in [4.78, 5) is 15.5. The first-order valence-corrected chi connectivity index (χ1v) is 9.68. The molecule has 1 aromatic carbocycles. The summed E-state index contributed by atoms with van der Waals surface area (Å²) in [5.74, 6) is 1.52. The van der Waals surface area contributed by atoms with Crippen LogP contribution in [-0.4, -0.2) is 37.9 Å². The normalized spacial score (nSPS) is 19.0. The van der Waals surface area contributed by atoms with E-state index < -0.39 is 5.97 Å². The van der Waals surface area contributed by atoms with Gasteiger partial charge in [0.15, 0.2) is 5.16 Å². The molecular formula is C14H15BrN2O2S2. The Morgan fingerprint density at radius 3 is 3.14 bits per heavy atom. The van der Waals surface area contributed by atoms with Crippen molar-refractivity contribution in [2.24, 2.45) is 0 Å². The topological polar surface area (TPSA) is 55.1 Å². The minimum atomic E-state index is -0.808. The van der Waals surface area contributed by atoms with Gasteiger partial charge in [-0.15, -0.1) is 0 Å². The van der Waals surface area contributed by atoms with E-state index in [1.807, 2.05) is 23.9 Å². The lowest BCUT2D eigenvalue weighted by molar-refractivity contribution is -0.133. The van der Waals surface area contributed by atoms with Crippen molar-refractivity contribution in [3.8, 4) is 0 Å². The maximum atomic E-state index is 10.9. The molecule has 4 nitrogen and oxygen atoms in total. The molecule has 2 heterocycles. The van der Waals surface area contributed by atoms with E-state index in [4.69, 9.17) is 5.11 Å². The minimum absolute atomic E-state index is 0.0460. The van der Waals surface area contributed by atoms with Gasteiger partial charge < -0.3 is 9.67 Å². The summed E-state index contributed by atoms with van der Waals surface area (Å²) in [5, 5.41) is 9.74. The van der Waals surface area contributed by atoms with Gasteiger partial charge in [-0.05, 0) is 36.8 Å². The quantitative estimate of drug-likeness (QED) is 0.803. The van der Waals surface area contributed by atoms with Crippen LogP contribution in [0, 0.1) is 0 Å². The van der Waals surface area contributed by atoms with Gasteiger partial charge >= 0.3 is 5.97 Å². The average molecular weight is 387 g/mol. The summed E-state index contributed by atoms with van der Waals surface area (Å²) in [5.41, 5.74) is 2.02. The lowest BCUT2D eigenvalue weighted by Crippen LogP contribution is -2.17. The Labute approximate surface area is 139 Å². The minimum Gasteiger partial charge on any atom is -0.481 e. The number of rotatable bonds is 4. The molecule has 1 N–H and O–H groups in total. The fourth-order valence-corrected chi connectivity index (χ4v) is 4.83. The van der Waals surface area contributed by atoms with Gasteiger partial charge in [-0.2, -0.15) is 11.8 Å². The number of hydrogen-bond acceptors (Lipinski definition) is 4. The second-order valence-corrected chi connectivity index (χ2v) is 7.96. The highest BCUT2D eigenvalue weighted by molar-refractivity contribution is 9.10. The van der Waals surface area contributed by atoms with E-state index >= 15 is 0 Å². The van der Waals surface area contributed by atoms with E-state index in [1.165, 1.54) is 23.9 Å². The van der Waals surface area contributed by atoms with E-state index in [0.29, 0.717) is 6.04 Å². The summed E-state index contributed by atoms with van der Waals surface area (Å²) in [6.45, 7) is 0. The Hall–Kier alpha value is -0.660. The molecule has 1 saturated heterocycles. The second kappa shape index (κ2) is 6.62. The van der Waals surface area contributed by atoms with E-state index in [0.717, 1.165) is 32.8 Å². The number of halogens is 1. The Morgan fingerprint density at radius 1 is 1.57 bits per heavy atom. The number of imidazole rings is 1. The van der Waals surface area contributed by atoms with Crippen molar-refractivity contribution in [2.45, 2.75) is 24.0 Å². The number of aliphatic carboxylic acids is 1. The number of nitrogens with zero attached hydrogens (tertiary/aromatic N) is 2. The van der Waals surface area contributed by atoms with Crippen LogP contribution in [0.15, 0.2) is 27.8 Å². The average Bonchev–Trinajstić information content (AvgIpc) is 2.83. The Kier molecular flexibility index (Phi) is 4.81. The third-order valence-corrected chi connectivity index (χ3v) is 6.07. The second-order valence-electron chi connectivity index (χ2n) is 4.95.